The Balaban J connectivity index is 3.02. The molecule has 0 heterocycles. The maximum atomic E-state index is 9.83. The lowest BCUT2D eigenvalue weighted by atomic mass is 9.92. The van der Waals surface area contributed by atoms with Crippen LogP contribution in [0.5, 0.6) is 0 Å². The summed E-state index contributed by atoms with van der Waals surface area (Å²) in [5.41, 5.74) is 5.77. The number of hydrogen-bond donors (Lipinski definition) is 2. The molecule has 1 atom stereocenters. The summed E-state index contributed by atoms with van der Waals surface area (Å²) < 4.78 is 0. The highest BCUT2D eigenvalue weighted by Gasteiger charge is 2.25. The Hall–Kier alpha value is -0.570. The molecule has 0 fully saturated rings. The van der Waals surface area contributed by atoms with Crippen molar-refractivity contribution in [2.45, 2.75) is 25.5 Å². The topological polar surface area (TPSA) is 46.2 Å². The van der Waals surface area contributed by atoms with E-state index in [2.05, 4.69) is 0 Å². The van der Waals surface area contributed by atoms with E-state index in [-0.39, 0.29) is 0 Å². The minimum Gasteiger partial charge on any atom is -0.386 e. The summed E-state index contributed by atoms with van der Waals surface area (Å²) >= 11 is 5.91. The standard InChI is InChI=1S/C10H14ClNO/c1-10(2,12)9(13)7-5-3-4-6-8(7)11/h3-6,9,13H,12H2,1-2H3/t9-/m1/s1. The predicted molar refractivity (Wildman–Crippen MR) is 54.7 cm³/mol. The average Bonchev–Trinajstić information content (AvgIpc) is 2.02. The number of halogens is 1. The molecule has 3 heteroatoms. The van der Waals surface area contributed by atoms with Crippen LogP contribution in [0.25, 0.3) is 0 Å². The second-order valence-corrected chi connectivity index (χ2v) is 4.15. The first kappa shape index (κ1) is 10.5. The lowest BCUT2D eigenvalue weighted by molar-refractivity contribution is 0.105. The minimum absolute atomic E-state index is 0.550. The largest absolute Gasteiger partial charge is 0.386 e. The Bertz CT molecular complexity index is 293. The van der Waals surface area contributed by atoms with Crippen LogP contribution in [-0.2, 0) is 0 Å². The minimum atomic E-state index is -0.735. The van der Waals surface area contributed by atoms with Crippen molar-refractivity contribution in [3.05, 3.63) is 34.9 Å². The van der Waals surface area contributed by atoms with Crippen LogP contribution in [0.3, 0.4) is 0 Å². The summed E-state index contributed by atoms with van der Waals surface area (Å²) in [7, 11) is 0. The van der Waals surface area contributed by atoms with Crippen LogP contribution in [0.15, 0.2) is 24.3 Å². The molecule has 0 bridgehead atoms. The fraction of sp³-hybridized carbons (Fsp3) is 0.400. The maximum Gasteiger partial charge on any atom is 0.0978 e. The molecule has 0 aliphatic rings. The summed E-state index contributed by atoms with van der Waals surface area (Å²) in [6, 6.07) is 7.17. The summed E-state index contributed by atoms with van der Waals surface area (Å²) in [6.45, 7) is 3.53. The third kappa shape index (κ3) is 2.44. The van der Waals surface area contributed by atoms with E-state index in [0.29, 0.717) is 10.6 Å². The van der Waals surface area contributed by atoms with Crippen LogP contribution in [0, 0.1) is 0 Å². The fourth-order valence-electron chi connectivity index (χ4n) is 1.10. The predicted octanol–water partition coefficient (Wildman–Crippen LogP) is 2.11. The number of aliphatic hydroxyl groups excluding tert-OH is 1. The molecule has 1 rings (SSSR count). The zero-order valence-electron chi connectivity index (χ0n) is 7.79. The van der Waals surface area contributed by atoms with Gasteiger partial charge < -0.3 is 10.8 Å². The van der Waals surface area contributed by atoms with Crippen molar-refractivity contribution >= 4 is 11.6 Å². The van der Waals surface area contributed by atoms with Crippen molar-refractivity contribution < 1.29 is 5.11 Å². The lowest BCUT2D eigenvalue weighted by Crippen LogP contribution is -2.39. The van der Waals surface area contributed by atoms with Gasteiger partial charge in [0.25, 0.3) is 0 Å². The molecule has 1 aromatic rings. The van der Waals surface area contributed by atoms with Gasteiger partial charge in [-0.15, -0.1) is 0 Å². The van der Waals surface area contributed by atoms with Crippen LogP contribution in [0.1, 0.15) is 25.5 Å². The summed E-state index contributed by atoms with van der Waals surface area (Å²) in [6.07, 6.45) is -0.735. The SMILES string of the molecule is CC(C)(N)[C@H](O)c1ccccc1Cl. The normalized spacial score (nSPS) is 14.2. The molecular formula is C10H14ClNO. The first-order chi connectivity index (χ1) is 5.93. The fourth-order valence-corrected chi connectivity index (χ4v) is 1.34. The Morgan fingerprint density at radius 3 is 2.38 bits per heavy atom. The molecular weight excluding hydrogens is 186 g/mol. The van der Waals surface area contributed by atoms with E-state index in [1.807, 2.05) is 12.1 Å². The summed E-state index contributed by atoms with van der Waals surface area (Å²) in [4.78, 5) is 0. The third-order valence-corrected chi connectivity index (χ3v) is 2.25. The van der Waals surface area contributed by atoms with Crippen LogP contribution in [0.4, 0.5) is 0 Å². The molecule has 0 amide bonds. The summed E-state index contributed by atoms with van der Waals surface area (Å²) in [5.74, 6) is 0. The van der Waals surface area contributed by atoms with Crippen molar-refractivity contribution in [2.75, 3.05) is 0 Å². The zero-order chi connectivity index (χ0) is 10.1. The van der Waals surface area contributed by atoms with E-state index >= 15 is 0 Å². The van der Waals surface area contributed by atoms with Crippen LogP contribution in [-0.4, -0.2) is 10.6 Å². The second kappa shape index (κ2) is 3.66. The van der Waals surface area contributed by atoms with Crippen molar-refractivity contribution in [2.24, 2.45) is 5.73 Å². The Labute approximate surface area is 83.3 Å². The van der Waals surface area contributed by atoms with Crippen LogP contribution in [0.2, 0.25) is 5.02 Å². The van der Waals surface area contributed by atoms with Gasteiger partial charge in [-0.25, -0.2) is 0 Å². The number of nitrogens with two attached hydrogens (primary N) is 1. The van der Waals surface area contributed by atoms with Gasteiger partial charge in [0.05, 0.1) is 6.10 Å². The summed E-state index contributed by atoms with van der Waals surface area (Å²) in [5, 5.41) is 10.4. The second-order valence-electron chi connectivity index (χ2n) is 3.75. The molecule has 3 N–H and O–H groups in total. The highest BCUT2D eigenvalue weighted by atomic mass is 35.5. The van der Waals surface area contributed by atoms with Gasteiger partial charge >= 0.3 is 0 Å². The molecule has 1 aromatic carbocycles. The van der Waals surface area contributed by atoms with Gasteiger partial charge in [-0.1, -0.05) is 29.8 Å². The van der Waals surface area contributed by atoms with Gasteiger partial charge in [-0.2, -0.15) is 0 Å². The number of benzene rings is 1. The molecule has 0 aliphatic heterocycles. The average molecular weight is 200 g/mol. The maximum absolute atomic E-state index is 9.83. The molecule has 0 radical (unpaired) electrons. The van der Waals surface area contributed by atoms with Gasteiger partial charge in [0.1, 0.15) is 0 Å². The molecule has 0 spiro atoms. The smallest absolute Gasteiger partial charge is 0.0978 e. The lowest BCUT2D eigenvalue weighted by Gasteiger charge is -2.26. The van der Waals surface area contributed by atoms with Crippen molar-refractivity contribution in [1.82, 2.24) is 0 Å². The number of aliphatic hydroxyl groups is 1. The Morgan fingerprint density at radius 2 is 1.92 bits per heavy atom. The first-order valence-electron chi connectivity index (χ1n) is 4.14. The number of rotatable bonds is 2. The van der Waals surface area contributed by atoms with E-state index in [1.54, 1.807) is 26.0 Å². The van der Waals surface area contributed by atoms with Crippen LogP contribution < -0.4 is 5.73 Å². The monoisotopic (exact) mass is 199 g/mol. The van der Waals surface area contributed by atoms with Crippen LogP contribution >= 0.6 is 11.6 Å². The Kier molecular flexibility index (Phi) is 2.96. The molecule has 0 aromatic heterocycles. The van der Waals surface area contributed by atoms with Gasteiger partial charge in [0.15, 0.2) is 0 Å². The van der Waals surface area contributed by atoms with E-state index in [4.69, 9.17) is 17.3 Å². The van der Waals surface area contributed by atoms with Gasteiger partial charge in [-0.3, -0.25) is 0 Å². The van der Waals surface area contributed by atoms with Gasteiger partial charge in [-0.05, 0) is 19.9 Å². The molecule has 0 unspecified atom stereocenters. The third-order valence-electron chi connectivity index (χ3n) is 1.90. The van der Waals surface area contributed by atoms with E-state index in [1.165, 1.54) is 0 Å². The molecule has 13 heavy (non-hydrogen) atoms. The highest BCUT2D eigenvalue weighted by molar-refractivity contribution is 6.31. The molecule has 0 saturated carbocycles. The van der Waals surface area contributed by atoms with Crippen molar-refractivity contribution in [3.63, 3.8) is 0 Å². The van der Waals surface area contributed by atoms with E-state index in [0.717, 1.165) is 0 Å². The van der Waals surface area contributed by atoms with Crippen molar-refractivity contribution in [1.29, 1.82) is 0 Å². The molecule has 2 nitrogen and oxygen atoms in total. The highest BCUT2D eigenvalue weighted by Crippen LogP contribution is 2.28. The van der Waals surface area contributed by atoms with E-state index < -0.39 is 11.6 Å². The zero-order valence-corrected chi connectivity index (χ0v) is 8.55. The van der Waals surface area contributed by atoms with Gasteiger partial charge in [0.2, 0.25) is 0 Å². The first-order valence-corrected chi connectivity index (χ1v) is 4.52. The molecule has 72 valence electrons. The van der Waals surface area contributed by atoms with E-state index in [9.17, 15) is 5.11 Å². The Morgan fingerprint density at radius 1 is 1.38 bits per heavy atom. The van der Waals surface area contributed by atoms with Crippen molar-refractivity contribution in [3.8, 4) is 0 Å². The molecule has 0 aliphatic carbocycles. The number of hydrogen-bond acceptors (Lipinski definition) is 2. The molecule has 0 saturated heterocycles. The quantitative estimate of drug-likeness (QED) is 0.767. The van der Waals surface area contributed by atoms with Gasteiger partial charge in [0, 0.05) is 16.1 Å².